The fourth-order valence-electron chi connectivity index (χ4n) is 3.83. The molecule has 8 heteroatoms. The molecule has 4 aromatic rings. The molecular weight excluding hydrogens is 434 g/mol. The van der Waals surface area contributed by atoms with Crippen LogP contribution in [-0.4, -0.2) is 33.1 Å². The predicted molar refractivity (Wildman–Crippen MR) is 130 cm³/mol. The number of methoxy groups -OCH3 is 1. The summed E-state index contributed by atoms with van der Waals surface area (Å²) in [4.78, 5) is 13.4. The zero-order chi connectivity index (χ0) is 22.8. The van der Waals surface area contributed by atoms with Gasteiger partial charge in [0.05, 0.1) is 13.2 Å². The van der Waals surface area contributed by atoms with Crippen molar-refractivity contribution < 1.29 is 9.53 Å². The number of nitrogens with one attached hydrogen (secondary N) is 2. The second-order valence-corrected chi connectivity index (χ2v) is 8.89. The summed E-state index contributed by atoms with van der Waals surface area (Å²) in [7, 11) is 1.64. The minimum absolute atomic E-state index is 0.102. The fraction of sp³-hybridized carbons (Fsp3) is 0.160. The maximum atomic E-state index is 13.4. The molecule has 1 aromatic heterocycles. The van der Waals surface area contributed by atoms with Crippen molar-refractivity contribution in [3.05, 3.63) is 90.0 Å². The number of rotatable bonds is 5. The van der Waals surface area contributed by atoms with E-state index >= 15 is 0 Å². The number of fused-ring (bicyclic) bond motifs is 1. The van der Waals surface area contributed by atoms with Gasteiger partial charge >= 0.3 is 0 Å². The van der Waals surface area contributed by atoms with Crippen molar-refractivity contribution in [2.45, 2.75) is 23.4 Å². The highest BCUT2D eigenvalue weighted by molar-refractivity contribution is 8.00. The van der Waals surface area contributed by atoms with Crippen LogP contribution in [0.1, 0.15) is 17.2 Å². The van der Waals surface area contributed by atoms with Crippen molar-refractivity contribution in [2.75, 3.05) is 17.9 Å². The van der Waals surface area contributed by atoms with Gasteiger partial charge in [0.15, 0.2) is 5.82 Å². The predicted octanol–water partition coefficient (Wildman–Crippen LogP) is 4.66. The smallest absolute Gasteiger partial charge is 0.240 e. The Morgan fingerprint density at radius 1 is 1.03 bits per heavy atom. The molecule has 33 heavy (non-hydrogen) atoms. The molecule has 0 saturated carbocycles. The van der Waals surface area contributed by atoms with E-state index in [4.69, 9.17) is 4.74 Å². The maximum Gasteiger partial charge on any atom is 0.240 e. The van der Waals surface area contributed by atoms with Gasteiger partial charge in [0.25, 0.3) is 0 Å². The van der Waals surface area contributed by atoms with E-state index in [-0.39, 0.29) is 11.9 Å². The number of hydrogen-bond donors (Lipinski definition) is 2. The van der Waals surface area contributed by atoms with Gasteiger partial charge in [-0.3, -0.25) is 4.79 Å². The zero-order valence-corrected chi connectivity index (χ0v) is 19.0. The summed E-state index contributed by atoms with van der Waals surface area (Å²) in [5.74, 6) is 1.36. The monoisotopic (exact) mass is 457 g/mol. The lowest BCUT2D eigenvalue weighted by Gasteiger charge is -2.33. The van der Waals surface area contributed by atoms with Crippen molar-refractivity contribution in [2.24, 2.45) is 0 Å². The van der Waals surface area contributed by atoms with Gasteiger partial charge < -0.3 is 15.5 Å². The molecule has 0 fully saturated rings. The Balaban J connectivity index is 1.51. The third-order valence-corrected chi connectivity index (χ3v) is 6.70. The molecule has 3 aromatic carbocycles. The Bertz CT molecular complexity index is 1270. The van der Waals surface area contributed by atoms with Crippen molar-refractivity contribution in [1.29, 1.82) is 0 Å². The molecule has 1 amide bonds. The first-order valence-corrected chi connectivity index (χ1v) is 11.5. The number of ether oxygens (including phenoxy) is 1. The summed E-state index contributed by atoms with van der Waals surface area (Å²) >= 11 is 1.40. The van der Waals surface area contributed by atoms with Gasteiger partial charge in [0.1, 0.15) is 11.0 Å². The highest BCUT2D eigenvalue weighted by Gasteiger charge is 2.38. The minimum Gasteiger partial charge on any atom is -0.497 e. The molecule has 2 heterocycles. The van der Waals surface area contributed by atoms with Crippen LogP contribution in [0.15, 0.2) is 84.0 Å². The van der Waals surface area contributed by atoms with Crippen LogP contribution < -0.4 is 15.5 Å². The van der Waals surface area contributed by atoms with E-state index in [1.54, 1.807) is 7.11 Å². The zero-order valence-electron chi connectivity index (χ0n) is 18.2. The average molecular weight is 458 g/mol. The van der Waals surface area contributed by atoms with Gasteiger partial charge in [-0.25, -0.2) is 4.68 Å². The summed E-state index contributed by atoms with van der Waals surface area (Å²) in [5, 5.41) is 12.0. The number of aryl methyl sites for hydroxylation is 1. The van der Waals surface area contributed by atoms with Gasteiger partial charge in [-0.15, -0.1) is 10.2 Å². The first-order valence-electron chi connectivity index (χ1n) is 10.6. The highest BCUT2D eigenvalue weighted by atomic mass is 32.2. The Kier molecular flexibility index (Phi) is 5.75. The Morgan fingerprint density at radius 2 is 1.82 bits per heavy atom. The van der Waals surface area contributed by atoms with Crippen molar-refractivity contribution >= 4 is 23.4 Å². The number of hydrogen-bond acceptors (Lipinski definition) is 6. The van der Waals surface area contributed by atoms with Gasteiger partial charge in [0.2, 0.25) is 11.1 Å². The standard InChI is InChI=1S/C25H23N5O2S/c1-16-7-6-10-19(15-16)26-24(31)22-21(17-11-13-20(32-2)14-12-17)29-30-23(27-28-25(30)33-22)18-8-4-3-5-9-18/h3-15,21-22,29H,1-2H3,(H,26,31)/t21-,22-/m0/s1. The topological polar surface area (TPSA) is 81.1 Å². The first kappa shape index (κ1) is 21.1. The second kappa shape index (κ2) is 8.99. The van der Waals surface area contributed by atoms with Crippen LogP contribution in [0.2, 0.25) is 0 Å². The minimum atomic E-state index is -0.459. The van der Waals surface area contributed by atoms with Crippen LogP contribution in [0.3, 0.4) is 0 Å². The Morgan fingerprint density at radius 3 is 2.55 bits per heavy atom. The van der Waals surface area contributed by atoms with Gasteiger partial charge in [-0.05, 0) is 42.3 Å². The van der Waals surface area contributed by atoms with Crippen molar-refractivity contribution in [3.8, 4) is 17.1 Å². The summed E-state index contributed by atoms with van der Waals surface area (Å²) in [5.41, 5.74) is 7.26. The highest BCUT2D eigenvalue weighted by Crippen LogP contribution is 2.39. The molecule has 0 saturated heterocycles. The normalized spacial score (nSPS) is 17.0. The van der Waals surface area contributed by atoms with Crippen LogP contribution in [0.25, 0.3) is 11.4 Å². The van der Waals surface area contributed by atoms with Gasteiger partial charge in [-0.1, -0.05) is 66.4 Å². The van der Waals surface area contributed by atoms with E-state index in [9.17, 15) is 4.79 Å². The Labute approximate surface area is 196 Å². The molecule has 1 aliphatic rings. The van der Waals surface area contributed by atoms with E-state index in [1.165, 1.54) is 11.8 Å². The molecular formula is C25H23N5O2S. The molecule has 0 radical (unpaired) electrons. The van der Waals surface area contributed by atoms with Crippen molar-refractivity contribution in [1.82, 2.24) is 14.9 Å². The van der Waals surface area contributed by atoms with Crippen LogP contribution >= 0.6 is 11.8 Å². The average Bonchev–Trinajstić information content (AvgIpc) is 3.27. The second-order valence-electron chi connectivity index (χ2n) is 7.78. The summed E-state index contributed by atoms with van der Waals surface area (Å²) < 4.78 is 7.18. The third-order valence-electron chi connectivity index (χ3n) is 5.49. The lowest BCUT2D eigenvalue weighted by atomic mass is 10.0. The number of anilines is 1. The fourth-order valence-corrected chi connectivity index (χ4v) is 4.91. The summed E-state index contributed by atoms with van der Waals surface area (Å²) in [6.45, 7) is 2.00. The molecule has 2 N–H and O–H groups in total. The van der Waals surface area contributed by atoms with Crippen LogP contribution in [0, 0.1) is 6.92 Å². The number of benzene rings is 3. The van der Waals surface area contributed by atoms with E-state index in [0.717, 1.165) is 28.1 Å². The quantitative estimate of drug-likeness (QED) is 0.454. The molecule has 0 unspecified atom stereocenters. The summed E-state index contributed by atoms with van der Waals surface area (Å²) in [6, 6.07) is 25.1. The molecule has 7 nitrogen and oxygen atoms in total. The van der Waals surface area contributed by atoms with E-state index in [1.807, 2.05) is 90.5 Å². The maximum absolute atomic E-state index is 13.4. The third kappa shape index (κ3) is 4.29. The van der Waals surface area contributed by atoms with Crippen LogP contribution in [-0.2, 0) is 4.79 Å². The number of amides is 1. The van der Waals surface area contributed by atoms with Crippen LogP contribution in [0.4, 0.5) is 5.69 Å². The Hall–Kier alpha value is -3.78. The number of carbonyl (C=O) groups is 1. The molecule has 5 rings (SSSR count). The lowest BCUT2D eigenvalue weighted by molar-refractivity contribution is -0.116. The summed E-state index contributed by atoms with van der Waals surface area (Å²) in [6.07, 6.45) is 0. The number of nitrogens with zero attached hydrogens (tertiary/aromatic N) is 3. The molecule has 0 bridgehead atoms. The molecule has 2 atom stereocenters. The van der Waals surface area contributed by atoms with Crippen LogP contribution in [0.5, 0.6) is 5.75 Å². The van der Waals surface area contributed by atoms with Gasteiger partial charge in [-0.2, -0.15) is 0 Å². The van der Waals surface area contributed by atoms with E-state index in [0.29, 0.717) is 11.0 Å². The molecule has 0 spiro atoms. The van der Waals surface area contributed by atoms with Crippen molar-refractivity contribution in [3.63, 3.8) is 0 Å². The van der Waals surface area contributed by atoms with Gasteiger partial charge in [0, 0.05) is 11.3 Å². The van der Waals surface area contributed by atoms with E-state index < -0.39 is 5.25 Å². The number of thioether (sulfide) groups is 1. The SMILES string of the molecule is COc1ccc([C@@H]2Nn3c(nnc3-c3ccccc3)S[C@@H]2C(=O)Nc2cccc(C)c2)cc1. The molecule has 0 aliphatic carbocycles. The molecule has 166 valence electrons. The largest absolute Gasteiger partial charge is 0.497 e. The first-order chi connectivity index (χ1) is 16.1. The number of carbonyl (C=O) groups excluding carboxylic acids is 1. The van der Waals surface area contributed by atoms with E-state index in [2.05, 4.69) is 20.9 Å². The lowest BCUT2D eigenvalue weighted by Crippen LogP contribution is -2.41. The molecule has 1 aliphatic heterocycles. The number of aromatic nitrogens is 3.